The molecule has 0 saturated heterocycles. The van der Waals surface area contributed by atoms with Gasteiger partial charge < -0.3 is 35.2 Å². The molecule has 0 radical (unpaired) electrons. The number of nitrogens with one attached hydrogen (secondary N) is 2. The topological polar surface area (TPSA) is 238 Å². The fourth-order valence-corrected chi connectivity index (χ4v) is 3.95. The summed E-state index contributed by atoms with van der Waals surface area (Å²) in [5, 5.41) is 46.4. The average Bonchev–Trinajstić information content (AvgIpc) is 2.99. The molecule has 0 spiro atoms. The number of methoxy groups -OCH3 is 1. The van der Waals surface area contributed by atoms with Crippen molar-refractivity contribution in [1.82, 2.24) is 15.4 Å². The minimum absolute atomic E-state index is 0.315. The van der Waals surface area contributed by atoms with Gasteiger partial charge in [0.2, 0.25) is 5.91 Å². The van der Waals surface area contributed by atoms with Crippen molar-refractivity contribution in [3.05, 3.63) is 48.3 Å². The molecule has 15 nitrogen and oxygen atoms in total. The molecule has 15 heteroatoms. The minimum Gasteiger partial charge on any atom is -0.493 e. The number of benzene rings is 2. The molecule has 0 saturated carbocycles. The van der Waals surface area contributed by atoms with E-state index in [1.54, 1.807) is 12.6 Å². The zero-order valence-electron chi connectivity index (χ0n) is 24.4. The van der Waals surface area contributed by atoms with E-state index in [-0.39, 0.29) is 5.91 Å². The molecule has 1 aromatic heterocycles. The monoisotopic (exact) mass is 626 g/mol. The van der Waals surface area contributed by atoms with Crippen LogP contribution in [0.15, 0.2) is 42.7 Å². The van der Waals surface area contributed by atoms with Crippen LogP contribution in [0, 0.1) is 12.3 Å². The lowest BCUT2D eigenvalue weighted by molar-refractivity contribution is -0.170. The van der Waals surface area contributed by atoms with Gasteiger partial charge in [0.1, 0.15) is 12.1 Å². The van der Waals surface area contributed by atoms with Crippen LogP contribution in [-0.2, 0) is 19.2 Å². The van der Waals surface area contributed by atoms with Gasteiger partial charge >= 0.3 is 17.9 Å². The number of aliphatic hydroxyl groups is 1. The van der Waals surface area contributed by atoms with E-state index in [4.69, 9.17) is 41.5 Å². The molecule has 0 aliphatic rings. The third-order valence-electron chi connectivity index (χ3n) is 6.18. The molecular formula is C30H34N4O11. The molecule has 3 aromatic rings. The first-order chi connectivity index (χ1) is 21.4. The standard InChI is InChI=1S/C24H26N4O4.C6H8O7/c1-3-17-9-8-10-18(13-17)27-24-19-14-22(21(31-2)15-20(19)25-16-26-24)32-12-7-5-4-6-11-23(29)28-30;7-3(8)1-6(13,5(11)12)2-4(9)10/h1,8-10,13-16,30H,4-7,11-12H2,2H3,(H,28,29)(H,25,26,27);13H,1-2H2,(H,7,8)(H,9,10)(H,11,12). The van der Waals surface area contributed by atoms with Gasteiger partial charge in [-0.05, 0) is 37.1 Å². The number of amides is 1. The van der Waals surface area contributed by atoms with E-state index in [1.807, 2.05) is 36.4 Å². The van der Waals surface area contributed by atoms with E-state index < -0.39 is 36.4 Å². The molecule has 3 rings (SSSR count). The second kappa shape index (κ2) is 17.6. The first-order valence-electron chi connectivity index (χ1n) is 13.5. The van der Waals surface area contributed by atoms with Gasteiger partial charge in [-0.3, -0.25) is 19.6 Å². The SMILES string of the molecule is C#Cc1cccc(Nc2ncnc3cc(OC)c(OCCCCCCC(=O)NO)cc23)c1.O=C(O)CC(O)(CC(=O)O)C(=O)O. The van der Waals surface area contributed by atoms with Crippen molar-refractivity contribution in [2.45, 2.75) is 50.5 Å². The Labute approximate surface area is 257 Å². The number of rotatable bonds is 16. The molecule has 7 N–H and O–H groups in total. The van der Waals surface area contributed by atoms with Gasteiger partial charge in [-0.1, -0.05) is 24.8 Å². The Balaban J connectivity index is 0.000000459. The highest BCUT2D eigenvalue weighted by Crippen LogP contribution is 2.35. The van der Waals surface area contributed by atoms with Gasteiger partial charge in [0.15, 0.2) is 17.1 Å². The number of fused-ring (bicyclic) bond motifs is 1. The molecule has 45 heavy (non-hydrogen) atoms. The number of carboxylic acid groups (broad SMARTS) is 3. The maximum Gasteiger partial charge on any atom is 0.336 e. The maximum absolute atomic E-state index is 11.0. The minimum atomic E-state index is -2.74. The molecule has 0 atom stereocenters. The number of hydrogen-bond donors (Lipinski definition) is 7. The van der Waals surface area contributed by atoms with Crippen molar-refractivity contribution in [2.75, 3.05) is 19.0 Å². The van der Waals surface area contributed by atoms with Gasteiger partial charge in [0.25, 0.3) is 0 Å². The maximum atomic E-state index is 11.0. The van der Waals surface area contributed by atoms with Crippen LogP contribution in [0.5, 0.6) is 11.5 Å². The summed E-state index contributed by atoms with van der Waals surface area (Å²) >= 11 is 0. The molecule has 0 aliphatic heterocycles. The van der Waals surface area contributed by atoms with Crippen LogP contribution in [-0.4, -0.2) is 78.7 Å². The summed E-state index contributed by atoms with van der Waals surface area (Å²) in [5.41, 5.74) is 1.23. The lowest BCUT2D eigenvalue weighted by Crippen LogP contribution is -2.42. The first-order valence-corrected chi connectivity index (χ1v) is 13.5. The highest BCUT2D eigenvalue weighted by Gasteiger charge is 2.40. The summed E-state index contributed by atoms with van der Waals surface area (Å²) in [4.78, 5) is 50.2. The molecular weight excluding hydrogens is 592 g/mol. The van der Waals surface area contributed by atoms with Crippen LogP contribution in [0.3, 0.4) is 0 Å². The third-order valence-corrected chi connectivity index (χ3v) is 6.18. The predicted octanol–water partition coefficient (Wildman–Crippen LogP) is 2.95. The number of ether oxygens (including phenoxy) is 2. The predicted molar refractivity (Wildman–Crippen MR) is 159 cm³/mol. The van der Waals surface area contributed by atoms with Gasteiger partial charge in [-0.15, -0.1) is 6.42 Å². The van der Waals surface area contributed by atoms with E-state index in [2.05, 4.69) is 21.2 Å². The van der Waals surface area contributed by atoms with Crippen molar-refractivity contribution in [3.63, 3.8) is 0 Å². The smallest absolute Gasteiger partial charge is 0.336 e. The van der Waals surface area contributed by atoms with E-state index in [9.17, 15) is 19.2 Å². The highest BCUT2D eigenvalue weighted by molar-refractivity contribution is 5.93. The van der Waals surface area contributed by atoms with E-state index in [0.29, 0.717) is 30.3 Å². The summed E-state index contributed by atoms with van der Waals surface area (Å²) in [5.74, 6) is -0.918. The Kier molecular flexibility index (Phi) is 14.0. The van der Waals surface area contributed by atoms with Gasteiger partial charge in [-0.2, -0.15) is 0 Å². The second-order valence-electron chi connectivity index (χ2n) is 9.62. The van der Waals surface area contributed by atoms with Crippen molar-refractivity contribution in [3.8, 4) is 23.8 Å². The molecule has 0 aliphatic carbocycles. The number of hydrogen-bond acceptors (Lipinski definition) is 11. The van der Waals surface area contributed by atoms with E-state index >= 15 is 0 Å². The summed E-state index contributed by atoms with van der Waals surface area (Å²) < 4.78 is 11.5. The average molecular weight is 627 g/mol. The van der Waals surface area contributed by atoms with Gasteiger partial charge in [0, 0.05) is 29.1 Å². The number of aliphatic carboxylic acids is 3. The Bertz CT molecular complexity index is 1520. The van der Waals surface area contributed by atoms with E-state index in [1.165, 1.54) is 6.33 Å². The van der Waals surface area contributed by atoms with Crippen molar-refractivity contribution < 1.29 is 54.3 Å². The lowest BCUT2D eigenvalue weighted by atomic mass is 9.96. The number of carboxylic acids is 3. The molecule has 1 heterocycles. The fraction of sp³-hybridized carbons (Fsp3) is 0.333. The van der Waals surface area contributed by atoms with E-state index in [0.717, 1.165) is 47.8 Å². The van der Waals surface area contributed by atoms with Gasteiger partial charge in [-0.25, -0.2) is 20.2 Å². The number of hydroxylamine groups is 1. The lowest BCUT2D eigenvalue weighted by Gasteiger charge is -2.18. The largest absolute Gasteiger partial charge is 0.493 e. The van der Waals surface area contributed by atoms with Crippen LogP contribution >= 0.6 is 0 Å². The highest BCUT2D eigenvalue weighted by atomic mass is 16.5. The molecule has 0 fully saturated rings. The number of carbonyl (C=O) groups is 4. The van der Waals surface area contributed by atoms with Crippen LogP contribution in [0.25, 0.3) is 10.9 Å². The van der Waals surface area contributed by atoms with Crippen LogP contribution in [0.2, 0.25) is 0 Å². The number of carbonyl (C=O) groups excluding carboxylic acids is 1. The molecule has 0 bridgehead atoms. The van der Waals surface area contributed by atoms with Crippen molar-refractivity contribution >= 4 is 46.2 Å². The molecule has 0 unspecified atom stereocenters. The van der Waals surface area contributed by atoms with Crippen LogP contribution < -0.4 is 20.3 Å². The number of terminal acetylenes is 1. The summed E-state index contributed by atoms with van der Waals surface area (Å²) in [6.07, 6.45) is 8.36. The number of unbranched alkanes of at least 4 members (excludes halogenated alkanes) is 3. The van der Waals surface area contributed by atoms with Crippen LogP contribution in [0.4, 0.5) is 11.5 Å². The van der Waals surface area contributed by atoms with Crippen molar-refractivity contribution in [2.24, 2.45) is 0 Å². The van der Waals surface area contributed by atoms with Crippen molar-refractivity contribution in [1.29, 1.82) is 0 Å². The van der Waals surface area contributed by atoms with Crippen LogP contribution in [0.1, 0.15) is 50.5 Å². The Morgan fingerprint density at radius 3 is 2.24 bits per heavy atom. The zero-order chi connectivity index (χ0) is 33.4. The summed E-state index contributed by atoms with van der Waals surface area (Å²) in [6, 6.07) is 11.2. The molecule has 2 aromatic carbocycles. The number of anilines is 2. The fourth-order valence-electron chi connectivity index (χ4n) is 3.95. The Morgan fingerprint density at radius 1 is 0.956 bits per heavy atom. The first kappa shape index (κ1) is 35.7. The Morgan fingerprint density at radius 2 is 1.64 bits per heavy atom. The summed E-state index contributed by atoms with van der Waals surface area (Å²) in [7, 11) is 1.59. The Hall–Kier alpha value is -5.46. The normalized spacial score (nSPS) is 10.5. The summed E-state index contributed by atoms with van der Waals surface area (Å²) in [6.45, 7) is 0.509. The van der Waals surface area contributed by atoms with Gasteiger partial charge in [0.05, 0.1) is 32.1 Å². The number of nitrogens with zero attached hydrogens (tertiary/aromatic N) is 2. The zero-order valence-corrected chi connectivity index (χ0v) is 24.4. The molecule has 240 valence electrons. The quantitative estimate of drug-likeness (QED) is 0.0524. The number of aromatic nitrogens is 2. The third kappa shape index (κ3) is 11.6. The second-order valence-corrected chi connectivity index (χ2v) is 9.62. The molecule has 1 amide bonds.